The molecule has 3 atom stereocenters. The summed E-state index contributed by atoms with van der Waals surface area (Å²) >= 11 is 0. The van der Waals surface area contributed by atoms with E-state index in [9.17, 15) is 5.11 Å². The third kappa shape index (κ3) is 3.35. The number of aliphatic hydroxyl groups excluding tert-OH is 1. The summed E-state index contributed by atoms with van der Waals surface area (Å²) in [6, 6.07) is 10.6. The van der Waals surface area contributed by atoms with Gasteiger partial charge in [-0.1, -0.05) is 51.1 Å². The van der Waals surface area contributed by atoms with E-state index in [-0.39, 0.29) is 6.10 Å². The Morgan fingerprint density at radius 1 is 1.11 bits per heavy atom. The summed E-state index contributed by atoms with van der Waals surface area (Å²) in [6.07, 6.45) is 4.23. The van der Waals surface area contributed by atoms with Gasteiger partial charge in [-0.25, -0.2) is 0 Å². The molecule has 3 unspecified atom stereocenters. The topological polar surface area (TPSA) is 20.2 Å². The Kier molecular flexibility index (Phi) is 4.11. The second kappa shape index (κ2) is 5.44. The van der Waals surface area contributed by atoms with Gasteiger partial charge in [-0.3, -0.25) is 0 Å². The molecule has 1 heteroatoms. The zero-order chi connectivity index (χ0) is 13.2. The van der Waals surface area contributed by atoms with Gasteiger partial charge in [0, 0.05) is 0 Å². The van der Waals surface area contributed by atoms with Crippen molar-refractivity contribution in [3.05, 3.63) is 35.9 Å². The summed E-state index contributed by atoms with van der Waals surface area (Å²) in [5, 5.41) is 10.2. The van der Waals surface area contributed by atoms with Gasteiger partial charge < -0.3 is 5.11 Å². The fourth-order valence-electron chi connectivity index (χ4n) is 3.17. The fourth-order valence-corrected chi connectivity index (χ4v) is 3.17. The van der Waals surface area contributed by atoms with Crippen molar-refractivity contribution < 1.29 is 5.11 Å². The summed E-state index contributed by atoms with van der Waals surface area (Å²) in [5.74, 6) is 1.18. The van der Waals surface area contributed by atoms with E-state index < -0.39 is 0 Å². The minimum Gasteiger partial charge on any atom is -0.393 e. The summed E-state index contributed by atoms with van der Waals surface area (Å²) in [7, 11) is 0. The molecule has 100 valence electrons. The van der Waals surface area contributed by atoms with E-state index in [0.29, 0.717) is 11.3 Å². The smallest absolute Gasteiger partial charge is 0.0571 e. The number of rotatable bonds is 2. The SMILES string of the molecule is CC(C)(C)C1CCC(O)C(Cc2ccccc2)C1. The van der Waals surface area contributed by atoms with Crippen LogP contribution in [-0.4, -0.2) is 11.2 Å². The third-order valence-electron chi connectivity index (χ3n) is 4.51. The van der Waals surface area contributed by atoms with Crippen molar-refractivity contribution in [3.63, 3.8) is 0 Å². The van der Waals surface area contributed by atoms with Crippen LogP contribution in [0.4, 0.5) is 0 Å². The van der Waals surface area contributed by atoms with Crippen LogP contribution in [0.3, 0.4) is 0 Å². The van der Waals surface area contributed by atoms with Crippen molar-refractivity contribution in [2.24, 2.45) is 17.3 Å². The summed E-state index contributed by atoms with van der Waals surface area (Å²) in [6.45, 7) is 6.98. The van der Waals surface area contributed by atoms with Crippen LogP contribution in [-0.2, 0) is 6.42 Å². The van der Waals surface area contributed by atoms with Gasteiger partial charge in [-0.05, 0) is 48.5 Å². The van der Waals surface area contributed by atoms with Crippen LogP contribution in [0.25, 0.3) is 0 Å². The monoisotopic (exact) mass is 246 g/mol. The Bertz CT molecular complexity index is 363. The second-order valence-electron chi connectivity index (χ2n) is 6.89. The normalized spacial score (nSPS) is 29.2. The first kappa shape index (κ1) is 13.6. The first-order chi connectivity index (χ1) is 8.47. The van der Waals surface area contributed by atoms with Gasteiger partial charge in [0.05, 0.1) is 6.10 Å². The lowest BCUT2D eigenvalue weighted by molar-refractivity contribution is 0.0196. The van der Waals surface area contributed by atoms with E-state index in [1.807, 2.05) is 0 Å². The van der Waals surface area contributed by atoms with Gasteiger partial charge in [0.15, 0.2) is 0 Å². The molecule has 1 aliphatic rings. The number of benzene rings is 1. The number of hydrogen-bond donors (Lipinski definition) is 1. The quantitative estimate of drug-likeness (QED) is 0.834. The number of aliphatic hydroxyl groups is 1. The molecule has 1 aromatic carbocycles. The van der Waals surface area contributed by atoms with Crippen molar-refractivity contribution in [3.8, 4) is 0 Å². The molecule has 0 bridgehead atoms. The lowest BCUT2D eigenvalue weighted by Crippen LogP contribution is -2.35. The molecular weight excluding hydrogens is 220 g/mol. The molecule has 1 saturated carbocycles. The van der Waals surface area contributed by atoms with Crippen molar-refractivity contribution in [2.45, 2.75) is 52.6 Å². The van der Waals surface area contributed by atoms with Gasteiger partial charge in [-0.2, -0.15) is 0 Å². The molecule has 1 aromatic rings. The van der Waals surface area contributed by atoms with E-state index in [2.05, 4.69) is 51.1 Å². The largest absolute Gasteiger partial charge is 0.393 e. The fraction of sp³-hybridized carbons (Fsp3) is 0.647. The van der Waals surface area contributed by atoms with Gasteiger partial charge >= 0.3 is 0 Å². The van der Waals surface area contributed by atoms with Crippen LogP contribution in [0, 0.1) is 17.3 Å². The number of hydrogen-bond acceptors (Lipinski definition) is 1. The van der Waals surface area contributed by atoms with Crippen LogP contribution in [0.2, 0.25) is 0 Å². The Balaban J connectivity index is 2.02. The molecule has 0 aromatic heterocycles. The van der Waals surface area contributed by atoms with E-state index in [1.165, 1.54) is 18.4 Å². The Labute approximate surface area is 111 Å². The molecule has 1 fully saturated rings. The van der Waals surface area contributed by atoms with Crippen molar-refractivity contribution in [1.29, 1.82) is 0 Å². The van der Waals surface area contributed by atoms with Crippen LogP contribution >= 0.6 is 0 Å². The molecule has 1 N–H and O–H groups in total. The van der Waals surface area contributed by atoms with Crippen LogP contribution < -0.4 is 0 Å². The average molecular weight is 246 g/mol. The minimum absolute atomic E-state index is 0.108. The second-order valence-corrected chi connectivity index (χ2v) is 6.89. The van der Waals surface area contributed by atoms with E-state index in [4.69, 9.17) is 0 Å². The standard InChI is InChI=1S/C17H26O/c1-17(2,3)15-9-10-16(18)14(12-15)11-13-7-5-4-6-8-13/h4-8,14-16,18H,9-12H2,1-3H3. The predicted molar refractivity (Wildman–Crippen MR) is 76.4 cm³/mol. The first-order valence-corrected chi connectivity index (χ1v) is 7.19. The molecule has 0 heterocycles. The zero-order valence-corrected chi connectivity index (χ0v) is 11.9. The highest BCUT2D eigenvalue weighted by molar-refractivity contribution is 5.15. The average Bonchev–Trinajstić information content (AvgIpc) is 2.32. The minimum atomic E-state index is -0.108. The van der Waals surface area contributed by atoms with Gasteiger partial charge in [-0.15, -0.1) is 0 Å². The Morgan fingerprint density at radius 3 is 2.39 bits per heavy atom. The molecule has 0 spiro atoms. The predicted octanol–water partition coefficient (Wildman–Crippen LogP) is 4.05. The molecule has 0 amide bonds. The van der Waals surface area contributed by atoms with E-state index in [0.717, 1.165) is 18.8 Å². The van der Waals surface area contributed by atoms with Crippen molar-refractivity contribution >= 4 is 0 Å². The summed E-state index contributed by atoms with van der Waals surface area (Å²) in [4.78, 5) is 0. The molecule has 2 rings (SSSR count). The highest BCUT2D eigenvalue weighted by Gasteiger charge is 2.34. The lowest BCUT2D eigenvalue weighted by Gasteiger charge is -2.40. The van der Waals surface area contributed by atoms with Crippen LogP contribution in [0.15, 0.2) is 30.3 Å². The van der Waals surface area contributed by atoms with Crippen molar-refractivity contribution in [2.75, 3.05) is 0 Å². The molecule has 0 aliphatic heterocycles. The maximum Gasteiger partial charge on any atom is 0.0571 e. The Morgan fingerprint density at radius 2 is 1.78 bits per heavy atom. The molecule has 0 radical (unpaired) electrons. The third-order valence-corrected chi connectivity index (χ3v) is 4.51. The maximum atomic E-state index is 10.2. The van der Waals surface area contributed by atoms with E-state index in [1.54, 1.807) is 0 Å². The van der Waals surface area contributed by atoms with Gasteiger partial charge in [0.2, 0.25) is 0 Å². The van der Waals surface area contributed by atoms with E-state index >= 15 is 0 Å². The van der Waals surface area contributed by atoms with Crippen LogP contribution in [0.5, 0.6) is 0 Å². The highest BCUT2D eigenvalue weighted by Crippen LogP contribution is 2.41. The molecule has 1 aliphatic carbocycles. The molecule has 18 heavy (non-hydrogen) atoms. The maximum absolute atomic E-state index is 10.2. The zero-order valence-electron chi connectivity index (χ0n) is 11.9. The molecular formula is C17H26O. The summed E-state index contributed by atoms with van der Waals surface area (Å²) in [5.41, 5.74) is 1.73. The van der Waals surface area contributed by atoms with Crippen LogP contribution in [0.1, 0.15) is 45.6 Å². The van der Waals surface area contributed by atoms with Gasteiger partial charge in [0.25, 0.3) is 0 Å². The molecule has 1 nitrogen and oxygen atoms in total. The van der Waals surface area contributed by atoms with Gasteiger partial charge in [0.1, 0.15) is 0 Å². The lowest BCUT2D eigenvalue weighted by atomic mass is 9.67. The van der Waals surface area contributed by atoms with Crippen molar-refractivity contribution in [1.82, 2.24) is 0 Å². The molecule has 0 saturated heterocycles. The first-order valence-electron chi connectivity index (χ1n) is 7.19. The summed E-state index contributed by atoms with van der Waals surface area (Å²) < 4.78 is 0. The highest BCUT2D eigenvalue weighted by atomic mass is 16.3. The Hall–Kier alpha value is -0.820.